The van der Waals surface area contributed by atoms with Crippen molar-refractivity contribution in [2.45, 2.75) is 70.7 Å². The number of piperidine rings is 1. The van der Waals surface area contributed by atoms with Crippen molar-refractivity contribution in [2.24, 2.45) is 5.92 Å². The lowest BCUT2D eigenvalue weighted by Crippen LogP contribution is -2.57. The summed E-state index contributed by atoms with van der Waals surface area (Å²) in [5.74, 6) is -1.38. The fourth-order valence-corrected chi connectivity index (χ4v) is 6.00. The molecule has 47 heavy (non-hydrogen) atoms. The predicted molar refractivity (Wildman–Crippen MR) is 167 cm³/mol. The van der Waals surface area contributed by atoms with E-state index in [2.05, 4.69) is 20.0 Å². The molecule has 0 bridgehead atoms. The van der Waals surface area contributed by atoms with Gasteiger partial charge >= 0.3 is 22.5 Å². The molecular formula is C30H39F3N8O5S. The Morgan fingerprint density at radius 2 is 1.68 bits per heavy atom. The number of nitrogens with zero attached hydrogens (tertiary/aromatic N) is 5. The van der Waals surface area contributed by atoms with Crippen molar-refractivity contribution in [2.75, 3.05) is 42.5 Å². The van der Waals surface area contributed by atoms with E-state index in [0.29, 0.717) is 63.8 Å². The molecule has 0 unspecified atom stereocenters. The van der Waals surface area contributed by atoms with Gasteiger partial charge in [-0.1, -0.05) is 12.1 Å². The number of amides is 2. The molecule has 1 atom stereocenters. The van der Waals surface area contributed by atoms with Gasteiger partial charge < -0.3 is 19.9 Å². The lowest BCUT2D eigenvalue weighted by Gasteiger charge is -2.41. The van der Waals surface area contributed by atoms with Crippen LogP contribution in [0.3, 0.4) is 0 Å². The Balaban J connectivity index is 1.31. The molecule has 1 aromatic heterocycles. The van der Waals surface area contributed by atoms with Crippen LogP contribution >= 0.6 is 0 Å². The first kappa shape index (κ1) is 35.7. The van der Waals surface area contributed by atoms with E-state index < -0.39 is 39.9 Å². The maximum Gasteiger partial charge on any atom is 0.451 e. The SMILES string of the molecule is CC(C)(C)OC(=O)NS(=O)(=O)NCCC1CCN(c2cc(N3CC[C@H]3C(=O)NCCc3ccc(C#N)cc3)nc(C(F)(F)F)n2)CC1. The summed E-state index contributed by atoms with van der Waals surface area (Å²) in [4.78, 5) is 35.5. The first-order valence-corrected chi connectivity index (χ1v) is 16.8. The van der Waals surface area contributed by atoms with E-state index in [4.69, 9.17) is 10.00 Å². The third kappa shape index (κ3) is 10.4. The summed E-state index contributed by atoms with van der Waals surface area (Å²) in [5.41, 5.74) is 0.607. The maximum atomic E-state index is 13.8. The Hall–Kier alpha value is -4.17. The van der Waals surface area contributed by atoms with E-state index in [0.717, 1.165) is 5.56 Å². The van der Waals surface area contributed by atoms with Crippen molar-refractivity contribution in [3.05, 3.63) is 47.3 Å². The molecule has 0 aliphatic carbocycles. The Morgan fingerprint density at radius 1 is 1.02 bits per heavy atom. The highest BCUT2D eigenvalue weighted by atomic mass is 32.2. The average Bonchev–Trinajstić information content (AvgIpc) is 2.95. The highest BCUT2D eigenvalue weighted by molar-refractivity contribution is 7.88. The number of carbonyl (C=O) groups is 2. The van der Waals surface area contributed by atoms with E-state index >= 15 is 0 Å². The molecule has 2 amide bonds. The molecule has 13 nitrogen and oxygen atoms in total. The molecule has 256 valence electrons. The Labute approximate surface area is 272 Å². The molecule has 2 saturated heterocycles. The van der Waals surface area contributed by atoms with Crippen molar-refractivity contribution in [1.82, 2.24) is 24.7 Å². The second-order valence-electron chi connectivity index (χ2n) is 12.5. The van der Waals surface area contributed by atoms with Gasteiger partial charge in [-0.15, -0.1) is 0 Å². The largest absolute Gasteiger partial charge is 0.451 e. The van der Waals surface area contributed by atoms with Crippen LogP contribution in [0.1, 0.15) is 63.4 Å². The molecule has 2 aliphatic heterocycles. The molecular weight excluding hydrogens is 641 g/mol. The predicted octanol–water partition coefficient (Wildman–Crippen LogP) is 3.27. The Kier molecular flexibility index (Phi) is 11.2. The van der Waals surface area contributed by atoms with Gasteiger partial charge in [0.25, 0.3) is 0 Å². The number of nitriles is 1. The zero-order valence-corrected chi connectivity index (χ0v) is 27.2. The molecule has 0 spiro atoms. The zero-order valence-electron chi connectivity index (χ0n) is 26.4. The topological polar surface area (TPSA) is 170 Å². The van der Waals surface area contributed by atoms with Crippen LogP contribution in [0.5, 0.6) is 0 Å². The van der Waals surface area contributed by atoms with Crippen molar-refractivity contribution < 1.29 is 35.9 Å². The van der Waals surface area contributed by atoms with Gasteiger partial charge in [0.1, 0.15) is 23.3 Å². The van der Waals surface area contributed by atoms with Crippen LogP contribution in [0.15, 0.2) is 30.3 Å². The van der Waals surface area contributed by atoms with Gasteiger partial charge in [-0.2, -0.15) is 31.6 Å². The summed E-state index contributed by atoms with van der Waals surface area (Å²) in [6.07, 6.45) is -3.27. The summed E-state index contributed by atoms with van der Waals surface area (Å²) < 4.78 is 74.9. The second kappa shape index (κ2) is 14.7. The Morgan fingerprint density at radius 3 is 2.26 bits per heavy atom. The van der Waals surface area contributed by atoms with Crippen LogP contribution in [-0.2, 0) is 32.3 Å². The highest BCUT2D eigenvalue weighted by Gasteiger charge is 2.40. The van der Waals surface area contributed by atoms with E-state index in [1.165, 1.54) is 6.07 Å². The third-order valence-corrected chi connectivity index (χ3v) is 8.78. The Bertz CT molecular complexity index is 1570. The maximum absolute atomic E-state index is 13.8. The number of benzene rings is 1. The number of nitrogens with one attached hydrogen (secondary N) is 3. The van der Waals surface area contributed by atoms with Crippen LogP contribution in [0.25, 0.3) is 0 Å². The van der Waals surface area contributed by atoms with Crippen LogP contribution < -0.4 is 24.6 Å². The molecule has 2 fully saturated rings. The molecule has 4 rings (SSSR count). The van der Waals surface area contributed by atoms with Gasteiger partial charge in [0, 0.05) is 38.8 Å². The number of halogens is 3. The van der Waals surface area contributed by atoms with Gasteiger partial charge in [0.2, 0.25) is 11.7 Å². The quantitative estimate of drug-likeness (QED) is 0.320. The minimum atomic E-state index is -4.79. The monoisotopic (exact) mass is 680 g/mol. The summed E-state index contributed by atoms with van der Waals surface area (Å²) in [6.45, 7) is 6.35. The fourth-order valence-electron chi connectivity index (χ4n) is 5.28. The molecule has 2 aromatic rings. The molecule has 1 aromatic carbocycles. The van der Waals surface area contributed by atoms with Crippen LogP contribution in [-0.4, -0.2) is 74.8 Å². The van der Waals surface area contributed by atoms with Crippen LogP contribution in [0.2, 0.25) is 0 Å². The average molecular weight is 681 g/mol. The standard InChI is InChI=1S/C30H39F3N8O5S/c1-29(2,3)46-28(43)39-47(44,45)36-14-9-21-10-15-40(16-11-21)24-18-25(38-27(37-24)30(31,32)33)41-17-12-23(41)26(42)35-13-8-20-4-6-22(19-34)7-5-20/h4-7,18,21,23,36H,8-17H2,1-3H3,(H,35,42)(H,39,43)/t23-/m0/s1. The first-order chi connectivity index (χ1) is 22.0. The van der Waals surface area contributed by atoms with Gasteiger partial charge in [0.15, 0.2) is 0 Å². The van der Waals surface area contributed by atoms with Gasteiger partial charge in [0.05, 0.1) is 11.6 Å². The summed E-state index contributed by atoms with van der Waals surface area (Å²) >= 11 is 0. The second-order valence-corrected chi connectivity index (χ2v) is 14.0. The number of hydrogen-bond acceptors (Lipinski definition) is 10. The van der Waals surface area contributed by atoms with E-state index in [9.17, 15) is 31.2 Å². The van der Waals surface area contributed by atoms with Crippen LogP contribution in [0, 0.1) is 17.2 Å². The smallest absolute Gasteiger partial charge is 0.443 e. The van der Waals surface area contributed by atoms with Crippen molar-refractivity contribution >= 4 is 33.8 Å². The minimum absolute atomic E-state index is 0.0230. The van der Waals surface area contributed by atoms with Crippen molar-refractivity contribution in [1.29, 1.82) is 5.26 Å². The summed E-state index contributed by atoms with van der Waals surface area (Å²) in [6, 6.07) is 9.84. The third-order valence-electron chi connectivity index (χ3n) is 7.76. The molecule has 2 aliphatic rings. The number of ether oxygens (including phenoxy) is 1. The minimum Gasteiger partial charge on any atom is -0.443 e. The van der Waals surface area contributed by atoms with Crippen LogP contribution in [0.4, 0.5) is 29.6 Å². The number of anilines is 2. The number of hydrogen-bond donors (Lipinski definition) is 3. The van der Waals surface area contributed by atoms with E-state index in [1.54, 1.807) is 59.6 Å². The molecule has 0 saturated carbocycles. The van der Waals surface area contributed by atoms with Gasteiger partial charge in [-0.25, -0.2) is 19.5 Å². The molecule has 17 heteroatoms. The summed E-state index contributed by atoms with van der Waals surface area (Å²) in [5, 5.41) is 11.8. The van der Waals surface area contributed by atoms with Crippen molar-refractivity contribution in [3.8, 4) is 6.07 Å². The number of rotatable bonds is 11. The number of carbonyl (C=O) groups excluding carboxylic acids is 2. The lowest BCUT2D eigenvalue weighted by molar-refractivity contribution is -0.144. The fraction of sp³-hybridized carbons (Fsp3) is 0.567. The normalized spacial score (nSPS) is 17.4. The zero-order chi connectivity index (χ0) is 34.4. The highest BCUT2D eigenvalue weighted by Crippen LogP contribution is 2.34. The van der Waals surface area contributed by atoms with Gasteiger partial charge in [-0.05, 0) is 76.5 Å². The van der Waals surface area contributed by atoms with E-state index in [1.807, 2.05) is 6.07 Å². The molecule has 3 heterocycles. The molecule has 3 N–H and O–H groups in total. The first-order valence-electron chi connectivity index (χ1n) is 15.3. The van der Waals surface area contributed by atoms with E-state index in [-0.39, 0.29) is 30.0 Å². The number of aromatic nitrogens is 2. The number of alkyl halides is 3. The lowest BCUT2D eigenvalue weighted by atomic mass is 9.93. The van der Waals surface area contributed by atoms with Gasteiger partial charge in [-0.3, -0.25) is 4.79 Å². The molecule has 0 radical (unpaired) electrons. The summed E-state index contributed by atoms with van der Waals surface area (Å²) in [7, 11) is -4.12. The van der Waals surface area contributed by atoms with Crippen molar-refractivity contribution in [3.63, 3.8) is 0 Å².